The first-order chi connectivity index (χ1) is 8.27. The molecule has 8 heteroatoms. The highest BCUT2D eigenvalue weighted by Gasteiger charge is 2.24. The topological polar surface area (TPSA) is 81.4 Å². The average molecular weight is 313 g/mol. The zero-order valence-electron chi connectivity index (χ0n) is 9.91. The van der Waals surface area contributed by atoms with Crippen LogP contribution in [0, 0.1) is 0 Å². The maximum absolute atomic E-state index is 12.1. The third kappa shape index (κ3) is 3.73. The number of halogens is 2. The number of nitrogens with two attached hydrogens (primary N) is 1. The van der Waals surface area contributed by atoms with Crippen molar-refractivity contribution in [1.29, 1.82) is 0 Å². The summed E-state index contributed by atoms with van der Waals surface area (Å²) in [5, 5.41) is -0.0331. The average Bonchev–Trinajstić information content (AvgIpc) is 2.13. The molecule has 1 unspecified atom stereocenters. The van der Waals surface area contributed by atoms with Crippen LogP contribution in [0.25, 0.3) is 0 Å². The van der Waals surface area contributed by atoms with E-state index in [0.29, 0.717) is 5.69 Å². The third-order valence-electron chi connectivity index (χ3n) is 2.06. The molecule has 1 rings (SSSR count). The van der Waals surface area contributed by atoms with Crippen LogP contribution in [0.15, 0.2) is 17.0 Å². The number of ether oxygens (including phenoxy) is 1. The Kier molecular flexibility index (Phi) is 5.24. The maximum atomic E-state index is 12.1. The molecule has 0 saturated heterocycles. The Bertz CT molecular complexity index is 511. The molecule has 0 aromatic heterocycles. The number of anilines is 1. The van der Waals surface area contributed by atoms with E-state index in [4.69, 9.17) is 33.7 Å². The van der Waals surface area contributed by atoms with Crippen LogP contribution in [-0.2, 0) is 14.8 Å². The smallest absolute Gasteiger partial charge is 0.243 e. The quantitative estimate of drug-likeness (QED) is 0.813. The fourth-order valence-corrected chi connectivity index (χ4v) is 3.90. The summed E-state index contributed by atoms with van der Waals surface area (Å²) in [6, 6.07) is 2.27. The summed E-state index contributed by atoms with van der Waals surface area (Å²) in [6.45, 7) is 1.91. The van der Waals surface area contributed by atoms with Crippen molar-refractivity contribution in [3.63, 3.8) is 0 Å². The lowest BCUT2D eigenvalue weighted by Gasteiger charge is -2.15. The van der Waals surface area contributed by atoms with E-state index in [1.54, 1.807) is 6.92 Å². The predicted octanol–water partition coefficient (Wildman–Crippen LogP) is 1.89. The molecule has 0 radical (unpaired) electrons. The van der Waals surface area contributed by atoms with E-state index < -0.39 is 16.1 Å². The van der Waals surface area contributed by atoms with E-state index in [2.05, 4.69) is 4.72 Å². The molecule has 0 aliphatic heterocycles. The molecule has 102 valence electrons. The van der Waals surface area contributed by atoms with E-state index >= 15 is 0 Å². The molecule has 1 aromatic rings. The third-order valence-corrected chi connectivity index (χ3v) is 4.57. The Morgan fingerprint density at radius 2 is 1.89 bits per heavy atom. The lowest BCUT2D eigenvalue weighted by molar-refractivity contribution is 0.180. The van der Waals surface area contributed by atoms with Crippen LogP contribution in [0.5, 0.6) is 0 Å². The molecule has 0 aliphatic rings. The summed E-state index contributed by atoms with van der Waals surface area (Å²) in [6.07, 6.45) is 0. The van der Waals surface area contributed by atoms with Crippen molar-refractivity contribution in [3.8, 4) is 0 Å². The van der Waals surface area contributed by atoms with Gasteiger partial charge in [-0.15, -0.1) is 0 Å². The van der Waals surface area contributed by atoms with Crippen LogP contribution in [0.3, 0.4) is 0 Å². The monoisotopic (exact) mass is 312 g/mol. The second-order valence-corrected chi connectivity index (χ2v) is 6.26. The number of nitrogens with one attached hydrogen (secondary N) is 1. The van der Waals surface area contributed by atoms with Crippen LogP contribution in [-0.4, -0.2) is 28.2 Å². The second-order valence-electron chi connectivity index (χ2n) is 3.79. The molecule has 1 atom stereocenters. The molecule has 0 aliphatic carbocycles. The van der Waals surface area contributed by atoms with Crippen molar-refractivity contribution in [3.05, 3.63) is 22.2 Å². The van der Waals surface area contributed by atoms with E-state index in [9.17, 15) is 8.42 Å². The van der Waals surface area contributed by atoms with Crippen molar-refractivity contribution >= 4 is 38.9 Å². The minimum Gasteiger partial charge on any atom is -0.399 e. The molecule has 1 aromatic carbocycles. The van der Waals surface area contributed by atoms with Crippen LogP contribution in [0.4, 0.5) is 5.69 Å². The van der Waals surface area contributed by atoms with Gasteiger partial charge in [-0.05, 0) is 19.1 Å². The Morgan fingerprint density at radius 1 is 1.39 bits per heavy atom. The molecular weight excluding hydrogens is 299 g/mol. The van der Waals surface area contributed by atoms with Crippen LogP contribution >= 0.6 is 23.2 Å². The van der Waals surface area contributed by atoms with Crippen molar-refractivity contribution in [2.45, 2.75) is 17.9 Å². The summed E-state index contributed by atoms with van der Waals surface area (Å²) < 4.78 is 31.5. The van der Waals surface area contributed by atoms with E-state index in [1.807, 2.05) is 0 Å². The second kappa shape index (κ2) is 6.08. The Hall–Kier alpha value is -0.530. The highest BCUT2D eigenvalue weighted by molar-refractivity contribution is 7.89. The van der Waals surface area contributed by atoms with E-state index in [1.165, 1.54) is 19.2 Å². The zero-order valence-corrected chi connectivity index (χ0v) is 12.2. The van der Waals surface area contributed by atoms with Gasteiger partial charge in [-0.25, -0.2) is 13.1 Å². The minimum atomic E-state index is -3.81. The van der Waals surface area contributed by atoms with Gasteiger partial charge in [0.1, 0.15) is 4.90 Å². The van der Waals surface area contributed by atoms with Gasteiger partial charge in [0, 0.05) is 18.8 Å². The molecule has 18 heavy (non-hydrogen) atoms. The van der Waals surface area contributed by atoms with Crippen LogP contribution in [0.2, 0.25) is 10.0 Å². The van der Waals surface area contributed by atoms with Gasteiger partial charge in [0.2, 0.25) is 10.0 Å². The molecule has 5 nitrogen and oxygen atoms in total. The van der Waals surface area contributed by atoms with Crippen LogP contribution in [0.1, 0.15) is 6.92 Å². The number of hydrogen-bond donors (Lipinski definition) is 2. The van der Waals surface area contributed by atoms with Crippen molar-refractivity contribution < 1.29 is 13.2 Å². The fourth-order valence-electron chi connectivity index (χ4n) is 1.44. The number of sulfonamides is 1. The van der Waals surface area contributed by atoms with E-state index in [0.717, 1.165) is 0 Å². The summed E-state index contributed by atoms with van der Waals surface area (Å²) in [5.41, 5.74) is 5.82. The number of hydrogen-bond acceptors (Lipinski definition) is 4. The first kappa shape index (κ1) is 15.5. The van der Waals surface area contributed by atoms with Gasteiger partial charge >= 0.3 is 0 Å². The van der Waals surface area contributed by atoms with Crippen molar-refractivity contribution in [1.82, 2.24) is 4.72 Å². The Morgan fingerprint density at radius 3 is 2.33 bits per heavy atom. The van der Waals surface area contributed by atoms with Gasteiger partial charge in [-0.3, -0.25) is 0 Å². The van der Waals surface area contributed by atoms with Gasteiger partial charge in [-0.2, -0.15) is 0 Å². The summed E-state index contributed by atoms with van der Waals surface area (Å²) in [4.78, 5) is -0.178. The molecule has 3 N–H and O–H groups in total. The summed E-state index contributed by atoms with van der Waals surface area (Å²) >= 11 is 11.7. The standard InChI is InChI=1S/C10H14Cl2N2O3S/c1-6(5-17-2)14-18(15,16)10-8(11)3-7(13)4-9(10)12/h3-4,6,14H,5,13H2,1-2H3. The zero-order chi connectivity index (χ0) is 13.9. The van der Waals surface area contributed by atoms with Crippen molar-refractivity contribution in [2.75, 3.05) is 19.5 Å². The Labute approximate surface area is 116 Å². The van der Waals surface area contributed by atoms with E-state index in [-0.39, 0.29) is 21.5 Å². The molecule has 0 heterocycles. The predicted molar refractivity (Wildman–Crippen MR) is 72.5 cm³/mol. The lowest BCUT2D eigenvalue weighted by Crippen LogP contribution is -2.35. The van der Waals surface area contributed by atoms with Crippen molar-refractivity contribution in [2.24, 2.45) is 0 Å². The molecular formula is C10H14Cl2N2O3S. The first-order valence-electron chi connectivity index (χ1n) is 5.03. The SMILES string of the molecule is COCC(C)NS(=O)(=O)c1c(Cl)cc(N)cc1Cl. The fraction of sp³-hybridized carbons (Fsp3) is 0.400. The number of rotatable bonds is 5. The molecule has 0 bridgehead atoms. The summed E-state index contributed by atoms with van der Waals surface area (Å²) in [5.74, 6) is 0. The number of benzene rings is 1. The highest BCUT2D eigenvalue weighted by Crippen LogP contribution is 2.31. The maximum Gasteiger partial charge on any atom is 0.243 e. The van der Waals surface area contributed by atoms with Gasteiger partial charge in [0.05, 0.1) is 16.7 Å². The van der Waals surface area contributed by atoms with Gasteiger partial charge < -0.3 is 10.5 Å². The number of methoxy groups -OCH3 is 1. The highest BCUT2D eigenvalue weighted by atomic mass is 35.5. The molecule has 0 saturated carbocycles. The Balaban J connectivity index is 3.13. The normalized spacial score (nSPS) is 13.6. The summed E-state index contributed by atoms with van der Waals surface area (Å²) in [7, 11) is -2.33. The molecule has 0 fully saturated rings. The first-order valence-corrected chi connectivity index (χ1v) is 7.27. The molecule has 0 amide bonds. The van der Waals surface area contributed by atoms with Gasteiger partial charge in [-0.1, -0.05) is 23.2 Å². The largest absolute Gasteiger partial charge is 0.399 e. The van der Waals surface area contributed by atoms with Gasteiger partial charge in [0.15, 0.2) is 0 Å². The van der Waals surface area contributed by atoms with Crippen LogP contribution < -0.4 is 10.5 Å². The lowest BCUT2D eigenvalue weighted by atomic mass is 10.3. The van der Waals surface area contributed by atoms with Gasteiger partial charge in [0.25, 0.3) is 0 Å². The number of nitrogen functional groups attached to an aromatic ring is 1. The molecule has 0 spiro atoms. The minimum absolute atomic E-state index is 0.0166.